The van der Waals surface area contributed by atoms with E-state index in [0.717, 1.165) is 36.8 Å². The van der Waals surface area contributed by atoms with Gasteiger partial charge in [0.05, 0.1) is 0 Å². The second-order valence-corrected chi connectivity index (χ2v) is 8.48. The Morgan fingerprint density at radius 3 is 1.91 bits per heavy atom. The molecule has 0 saturated carbocycles. The molecule has 4 unspecified atom stereocenters. The van der Waals surface area contributed by atoms with E-state index in [9.17, 15) is 0 Å². The minimum Gasteiger partial charge on any atom is -0.316 e. The van der Waals surface area contributed by atoms with E-state index in [-0.39, 0.29) is 0 Å². The Morgan fingerprint density at radius 1 is 0.591 bits per heavy atom. The molecule has 2 rings (SSSR count). The van der Waals surface area contributed by atoms with Crippen molar-refractivity contribution >= 4 is 11.8 Å². The normalized spacial score (nSPS) is 35.5. The van der Waals surface area contributed by atoms with E-state index >= 15 is 0 Å². The maximum absolute atomic E-state index is 3.49. The van der Waals surface area contributed by atoms with Crippen molar-refractivity contribution in [1.82, 2.24) is 16.0 Å². The molecular weight excluding hydrogens is 290 g/mol. The van der Waals surface area contributed by atoms with Gasteiger partial charge >= 0.3 is 0 Å². The van der Waals surface area contributed by atoms with Gasteiger partial charge in [-0.2, -0.15) is 11.8 Å². The first-order valence-electron chi connectivity index (χ1n) is 9.31. The second kappa shape index (κ2) is 12.6. The molecule has 132 valence electrons. The first-order chi connectivity index (χ1) is 10.6. The lowest BCUT2D eigenvalue weighted by molar-refractivity contribution is 0.359. The first-order valence-corrected chi connectivity index (χ1v) is 10.5. The molecule has 2 fully saturated rings. The summed E-state index contributed by atoms with van der Waals surface area (Å²) < 4.78 is 0. The number of rotatable bonds is 0. The Kier molecular flexibility index (Phi) is 11.6. The van der Waals surface area contributed by atoms with Gasteiger partial charge in [-0.25, -0.2) is 0 Å². The van der Waals surface area contributed by atoms with Crippen molar-refractivity contribution in [3.63, 3.8) is 0 Å². The van der Waals surface area contributed by atoms with E-state index < -0.39 is 0 Å². The van der Waals surface area contributed by atoms with Crippen LogP contribution in [-0.2, 0) is 0 Å². The molecule has 0 aliphatic carbocycles. The van der Waals surface area contributed by atoms with E-state index in [4.69, 9.17) is 0 Å². The highest BCUT2D eigenvalue weighted by atomic mass is 32.2. The van der Waals surface area contributed by atoms with Crippen LogP contribution in [0.25, 0.3) is 0 Å². The fraction of sp³-hybridized carbons (Fsp3) is 1.00. The van der Waals surface area contributed by atoms with Crippen molar-refractivity contribution < 1.29 is 0 Å². The quantitative estimate of drug-likeness (QED) is 0.639. The highest BCUT2D eigenvalue weighted by molar-refractivity contribution is 7.99. The average molecular weight is 330 g/mol. The molecule has 4 atom stereocenters. The van der Waals surface area contributed by atoms with Gasteiger partial charge in [-0.1, -0.05) is 27.7 Å². The standard InChI is InChI=1S/C9H20N2.C9H19NS/c1-8-3-4-10-5-6-11-7-9(8)2;1-8-3-5-11-6-4-10-7-9(8)2/h8-11H,3-7H2,1-2H3;8-10H,3-7H2,1-2H3. The summed E-state index contributed by atoms with van der Waals surface area (Å²) in [5.41, 5.74) is 0. The molecule has 2 aliphatic rings. The summed E-state index contributed by atoms with van der Waals surface area (Å²) in [4.78, 5) is 0. The highest BCUT2D eigenvalue weighted by Gasteiger charge is 2.13. The van der Waals surface area contributed by atoms with E-state index in [1.54, 1.807) is 0 Å². The third kappa shape index (κ3) is 9.39. The maximum Gasteiger partial charge on any atom is 0.00768 e. The molecule has 0 radical (unpaired) electrons. The Balaban J connectivity index is 0.000000220. The van der Waals surface area contributed by atoms with Gasteiger partial charge in [0.15, 0.2) is 0 Å². The molecule has 22 heavy (non-hydrogen) atoms. The summed E-state index contributed by atoms with van der Waals surface area (Å²) in [7, 11) is 0. The van der Waals surface area contributed by atoms with Gasteiger partial charge in [-0.05, 0) is 61.9 Å². The molecule has 0 aromatic rings. The highest BCUT2D eigenvalue weighted by Crippen LogP contribution is 2.18. The van der Waals surface area contributed by atoms with Crippen molar-refractivity contribution in [2.75, 3.05) is 50.8 Å². The lowest BCUT2D eigenvalue weighted by Gasteiger charge is -2.18. The largest absolute Gasteiger partial charge is 0.316 e. The van der Waals surface area contributed by atoms with Crippen LogP contribution >= 0.6 is 11.8 Å². The average Bonchev–Trinajstić information content (AvgIpc) is 2.66. The number of thioether (sulfide) groups is 1. The topological polar surface area (TPSA) is 36.1 Å². The predicted octanol–water partition coefficient (Wildman–Crippen LogP) is 2.83. The minimum atomic E-state index is 0.829. The van der Waals surface area contributed by atoms with Crippen molar-refractivity contribution in [1.29, 1.82) is 0 Å². The molecule has 3 N–H and O–H groups in total. The summed E-state index contributed by atoms with van der Waals surface area (Å²) in [5.74, 6) is 6.08. The number of nitrogens with one attached hydrogen (secondary N) is 3. The second-order valence-electron chi connectivity index (χ2n) is 7.26. The molecule has 2 aliphatic heterocycles. The fourth-order valence-electron chi connectivity index (χ4n) is 2.78. The van der Waals surface area contributed by atoms with Gasteiger partial charge in [-0.3, -0.25) is 0 Å². The minimum absolute atomic E-state index is 0.829. The monoisotopic (exact) mass is 329 g/mol. The third-order valence-electron chi connectivity index (χ3n) is 5.27. The molecule has 0 amide bonds. The Morgan fingerprint density at radius 2 is 1.18 bits per heavy atom. The zero-order valence-corrected chi connectivity index (χ0v) is 16.1. The summed E-state index contributed by atoms with van der Waals surface area (Å²) in [5, 5.41) is 10.3. The molecule has 2 saturated heterocycles. The zero-order chi connectivity index (χ0) is 16.2. The molecule has 2 heterocycles. The van der Waals surface area contributed by atoms with E-state index in [1.807, 2.05) is 0 Å². The lowest BCUT2D eigenvalue weighted by Crippen LogP contribution is -2.28. The van der Waals surface area contributed by atoms with Crippen LogP contribution in [0.1, 0.15) is 40.5 Å². The first kappa shape index (κ1) is 20.3. The van der Waals surface area contributed by atoms with Crippen LogP contribution in [0.15, 0.2) is 0 Å². The van der Waals surface area contributed by atoms with Crippen molar-refractivity contribution in [3.8, 4) is 0 Å². The Labute approximate surface area is 143 Å². The van der Waals surface area contributed by atoms with Crippen LogP contribution in [-0.4, -0.2) is 50.8 Å². The fourth-order valence-corrected chi connectivity index (χ4v) is 3.81. The van der Waals surface area contributed by atoms with Gasteiger partial charge in [0.25, 0.3) is 0 Å². The van der Waals surface area contributed by atoms with Gasteiger partial charge < -0.3 is 16.0 Å². The number of hydrogen-bond donors (Lipinski definition) is 3. The van der Waals surface area contributed by atoms with E-state index in [1.165, 1.54) is 50.5 Å². The van der Waals surface area contributed by atoms with Crippen molar-refractivity contribution in [3.05, 3.63) is 0 Å². The van der Waals surface area contributed by atoms with Gasteiger partial charge in [0, 0.05) is 25.4 Å². The lowest BCUT2D eigenvalue weighted by atomic mass is 9.93. The van der Waals surface area contributed by atoms with Crippen LogP contribution in [0.2, 0.25) is 0 Å². The summed E-state index contributed by atoms with van der Waals surface area (Å²) in [6.45, 7) is 16.4. The number of hydrogen-bond acceptors (Lipinski definition) is 4. The molecule has 0 aromatic carbocycles. The van der Waals surface area contributed by atoms with Crippen LogP contribution in [0.4, 0.5) is 0 Å². The SMILES string of the molecule is CC1CCNCCNCC1C.CC1CCSCCNCC1C. The zero-order valence-electron chi connectivity index (χ0n) is 15.3. The molecule has 3 nitrogen and oxygen atoms in total. The summed E-state index contributed by atoms with van der Waals surface area (Å²) in [6.07, 6.45) is 2.72. The van der Waals surface area contributed by atoms with Gasteiger partial charge in [-0.15, -0.1) is 0 Å². The van der Waals surface area contributed by atoms with Crippen molar-refractivity contribution in [2.45, 2.75) is 40.5 Å². The van der Waals surface area contributed by atoms with Gasteiger partial charge in [0.1, 0.15) is 0 Å². The molecule has 0 aromatic heterocycles. The maximum atomic E-state index is 3.49. The van der Waals surface area contributed by atoms with E-state index in [2.05, 4.69) is 55.4 Å². The van der Waals surface area contributed by atoms with Crippen LogP contribution in [0.3, 0.4) is 0 Å². The molecule has 4 heteroatoms. The molecule has 0 bridgehead atoms. The van der Waals surface area contributed by atoms with Crippen LogP contribution in [0, 0.1) is 23.7 Å². The molecule has 0 spiro atoms. The van der Waals surface area contributed by atoms with Gasteiger partial charge in [0.2, 0.25) is 0 Å². The Bertz CT molecular complexity index is 213. The van der Waals surface area contributed by atoms with Crippen molar-refractivity contribution in [2.24, 2.45) is 23.7 Å². The Hall–Kier alpha value is 0.230. The predicted molar refractivity (Wildman–Crippen MR) is 102 cm³/mol. The molecular formula is C18H39N3S. The van der Waals surface area contributed by atoms with Crippen LogP contribution < -0.4 is 16.0 Å². The third-order valence-corrected chi connectivity index (χ3v) is 6.29. The smallest absolute Gasteiger partial charge is 0.00768 e. The summed E-state index contributed by atoms with van der Waals surface area (Å²) >= 11 is 2.09. The van der Waals surface area contributed by atoms with E-state index in [0.29, 0.717) is 0 Å². The summed E-state index contributed by atoms with van der Waals surface area (Å²) in [6, 6.07) is 0. The van der Waals surface area contributed by atoms with Crippen LogP contribution in [0.5, 0.6) is 0 Å².